The van der Waals surface area contributed by atoms with E-state index in [0.717, 1.165) is 5.56 Å². The molecule has 0 aliphatic heterocycles. The predicted molar refractivity (Wildman–Crippen MR) is 82.2 cm³/mol. The molecule has 1 N–H and O–H groups in total. The van der Waals surface area contributed by atoms with Crippen LogP contribution in [0.5, 0.6) is 11.5 Å². The van der Waals surface area contributed by atoms with Crippen LogP contribution in [0.1, 0.15) is 5.56 Å². The molecule has 2 aromatic rings. The lowest BCUT2D eigenvalue weighted by molar-refractivity contribution is 0.355. The smallest absolute Gasteiger partial charge is 0.179 e. The Morgan fingerprint density at radius 1 is 1.14 bits per heavy atom. The van der Waals surface area contributed by atoms with Crippen LogP contribution in [0.15, 0.2) is 41.5 Å². The Morgan fingerprint density at radius 2 is 1.86 bits per heavy atom. The number of anilines is 1. The predicted octanol–water partition coefficient (Wildman–Crippen LogP) is 3.94. The summed E-state index contributed by atoms with van der Waals surface area (Å²) in [5.41, 5.74) is 4.22. The number of methoxy groups -OCH3 is 2. The lowest BCUT2D eigenvalue weighted by Gasteiger charge is -2.09. The zero-order chi connectivity index (χ0) is 15.2. The van der Waals surface area contributed by atoms with Crippen molar-refractivity contribution in [2.45, 2.75) is 0 Å². The van der Waals surface area contributed by atoms with Crippen LogP contribution >= 0.6 is 11.6 Å². The van der Waals surface area contributed by atoms with Crippen LogP contribution in [0.25, 0.3) is 0 Å². The Hall–Kier alpha value is -2.27. The molecule has 4 nitrogen and oxygen atoms in total. The van der Waals surface area contributed by atoms with E-state index < -0.39 is 0 Å². The number of rotatable bonds is 5. The second-order valence-electron chi connectivity index (χ2n) is 4.12. The van der Waals surface area contributed by atoms with Gasteiger partial charge in [-0.3, -0.25) is 5.43 Å². The Balaban J connectivity index is 2.13. The first-order chi connectivity index (χ1) is 10.1. The van der Waals surface area contributed by atoms with Gasteiger partial charge in [0.25, 0.3) is 0 Å². The van der Waals surface area contributed by atoms with Crippen molar-refractivity contribution >= 4 is 23.5 Å². The molecule has 0 saturated carbocycles. The molecule has 0 aliphatic carbocycles. The van der Waals surface area contributed by atoms with Gasteiger partial charge in [-0.2, -0.15) is 5.10 Å². The highest BCUT2D eigenvalue weighted by molar-refractivity contribution is 6.32. The fourth-order valence-corrected chi connectivity index (χ4v) is 2.01. The molecule has 6 heteroatoms. The van der Waals surface area contributed by atoms with Gasteiger partial charge in [0.15, 0.2) is 11.5 Å². The van der Waals surface area contributed by atoms with Crippen LogP contribution in [-0.2, 0) is 0 Å². The molecule has 2 rings (SSSR count). The fourth-order valence-electron chi connectivity index (χ4n) is 1.72. The van der Waals surface area contributed by atoms with E-state index in [9.17, 15) is 4.39 Å². The standard InChI is InChI=1S/C15H14ClFN2O2/c1-20-14-8-10(7-13(16)15(14)21-2)9-18-19-12-5-3-11(17)4-6-12/h3-9,19H,1-2H3/b18-9+. The number of hydrazone groups is 1. The number of halogens is 2. The van der Waals surface area contributed by atoms with Crippen molar-refractivity contribution in [2.75, 3.05) is 19.6 Å². The first-order valence-electron chi connectivity index (χ1n) is 6.10. The number of hydrogen-bond acceptors (Lipinski definition) is 4. The summed E-state index contributed by atoms with van der Waals surface area (Å²) in [6.45, 7) is 0. The van der Waals surface area contributed by atoms with Crippen LogP contribution in [0, 0.1) is 5.82 Å². The van der Waals surface area contributed by atoms with Crippen LogP contribution in [0.3, 0.4) is 0 Å². The van der Waals surface area contributed by atoms with E-state index in [2.05, 4.69) is 10.5 Å². The van der Waals surface area contributed by atoms with E-state index in [0.29, 0.717) is 22.2 Å². The minimum Gasteiger partial charge on any atom is -0.493 e. The average Bonchev–Trinajstić information content (AvgIpc) is 2.48. The zero-order valence-corrected chi connectivity index (χ0v) is 12.3. The molecule has 0 unspecified atom stereocenters. The van der Waals surface area contributed by atoms with Gasteiger partial charge in [0.1, 0.15) is 5.82 Å². The maximum atomic E-state index is 12.8. The van der Waals surface area contributed by atoms with Crippen molar-refractivity contribution in [3.8, 4) is 11.5 Å². The highest BCUT2D eigenvalue weighted by Gasteiger charge is 2.09. The number of benzene rings is 2. The SMILES string of the molecule is COc1cc(/C=N/Nc2ccc(F)cc2)cc(Cl)c1OC. The number of nitrogens with one attached hydrogen (secondary N) is 1. The highest BCUT2D eigenvalue weighted by Crippen LogP contribution is 2.35. The van der Waals surface area contributed by atoms with Gasteiger partial charge in [-0.1, -0.05) is 11.6 Å². The summed E-state index contributed by atoms with van der Waals surface area (Å²) in [6, 6.07) is 9.35. The highest BCUT2D eigenvalue weighted by atomic mass is 35.5. The Morgan fingerprint density at radius 3 is 2.48 bits per heavy atom. The van der Waals surface area contributed by atoms with Gasteiger partial charge in [0.2, 0.25) is 0 Å². The molecule has 0 amide bonds. The van der Waals surface area contributed by atoms with Gasteiger partial charge in [-0.15, -0.1) is 0 Å². The molecule has 110 valence electrons. The van der Waals surface area contributed by atoms with E-state index in [1.54, 1.807) is 30.5 Å². The summed E-state index contributed by atoms with van der Waals surface area (Å²) in [7, 11) is 3.06. The summed E-state index contributed by atoms with van der Waals surface area (Å²) < 4.78 is 23.1. The molecule has 0 saturated heterocycles. The van der Waals surface area contributed by atoms with Crippen molar-refractivity contribution in [2.24, 2.45) is 5.10 Å². The van der Waals surface area contributed by atoms with Gasteiger partial charge >= 0.3 is 0 Å². The van der Waals surface area contributed by atoms with Crippen molar-refractivity contribution in [3.05, 3.63) is 52.8 Å². The fraction of sp³-hybridized carbons (Fsp3) is 0.133. The normalized spacial score (nSPS) is 10.7. The van der Waals surface area contributed by atoms with E-state index >= 15 is 0 Å². The van der Waals surface area contributed by atoms with Gasteiger partial charge < -0.3 is 9.47 Å². The Labute approximate surface area is 127 Å². The topological polar surface area (TPSA) is 42.8 Å². The second-order valence-corrected chi connectivity index (χ2v) is 4.52. The molecule has 0 aliphatic rings. The summed E-state index contributed by atoms with van der Waals surface area (Å²) >= 11 is 6.10. The molecule has 0 heterocycles. The minimum absolute atomic E-state index is 0.295. The minimum atomic E-state index is -0.295. The van der Waals surface area contributed by atoms with E-state index in [4.69, 9.17) is 21.1 Å². The molecular formula is C15H14ClFN2O2. The second kappa shape index (κ2) is 6.95. The molecule has 0 fully saturated rings. The van der Waals surface area contributed by atoms with E-state index in [-0.39, 0.29) is 5.82 Å². The largest absolute Gasteiger partial charge is 0.493 e. The van der Waals surface area contributed by atoms with Crippen molar-refractivity contribution in [3.63, 3.8) is 0 Å². The Kier molecular flexibility index (Phi) is 5.00. The molecule has 0 spiro atoms. The van der Waals surface area contributed by atoms with Gasteiger partial charge in [-0.25, -0.2) is 4.39 Å². The van der Waals surface area contributed by atoms with Crippen molar-refractivity contribution < 1.29 is 13.9 Å². The summed E-state index contributed by atoms with van der Waals surface area (Å²) in [5.74, 6) is 0.701. The lowest BCUT2D eigenvalue weighted by Crippen LogP contribution is -1.95. The molecular weight excluding hydrogens is 295 g/mol. The van der Waals surface area contributed by atoms with E-state index in [1.165, 1.54) is 26.4 Å². The van der Waals surface area contributed by atoms with E-state index in [1.807, 2.05) is 0 Å². The first-order valence-corrected chi connectivity index (χ1v) is 6.48. The van der Waals surface area contributed by atoms with Crippen LogP contribution < -0.4 is 14.9 Å². The quantitative estimate of drug-likeness (QED) is 0.672. The number of nitrogens with zero attached hydrogens (tertiary/aromatic N) is 1. The molecule has 0 aromatic heterocycles. The molecule has 0 bridgehead atoms. The maximum Gasteiger partial charge on any atom is 0.179 e. The summed E-state index contributed by atoms with van der Waals surface area (Å²) in [4.78, 5) is 0. The molecule has 2 aromatic carbocycles. The van der Waals surface area contributed by atoms with Gasteiger partial charge in [-0.05, 0) is 42.0 Å². The third-order valence-corrected chi connectivity index (χ3v) is 2.99. The third kappa shape index (κ3) is 3.86. The van der Waals surface area contributed by atoms with Crippen molar-refractivity contribution in [1.82, 2.24) is 0 Å². The van der Waals surface area contributed by atoms with Crippen LogP contribution in [0.4, 0.5) is 10.1 Å². The van der Waals surface area contributed by atoms with Crippen LogP contribution in [0.2, 0.25) is 5.02 Å². The first kappa shape index (κ1) is 15.1. The van der Waals surface area contributed by atoms with Crippen LogP contribution in [-0.4, -0.2) is 20.4 Å². The molecule has 0 atom stereocenters. The van der Waals surface area contributed by atoms with Gasteiger partial charge in [0.05, 0.1) is 31.1 Å². The summed E-state index contributed by atoms with van der Waals surface area (Å²) in [6.07, 6.45) is 1.58. The van der Waals surface area contributed by atoms with Gasteiger partial charge in [0, 0.05) is 0 Å². The molecule has 21 heavy (non-hydrogen) atoms. The number of hydrogen-bond donors (Lipinski definition) is 1. The molecule has 0 radical (unpaired) electrons. The lowest BCUT2D eigenvalue weighted by atomic mass is 10.2. The maximum absolute atomic E-state index is 12.8. The third-order valence-electron chi connectivity index (χ3n) is 2.71. The van der Waals surface area contributed by atoms with Crippen molar-refractivity contribution in [1.29, 1.82) is 0 Å². The Bertz CT molecular complexity index is 645. The number of ether oxygens (including phenoxy) is 2. The summed E-state index contributed by atoms with van der Waals surface area (Å²) in [5, 5.41) is 4.49. The monoisotopic (exact) mass is 308 g/mol. The average molecular weight is 309 g/mol. The zero-order valence-electron chi connectivity index (χ0n) is 11.6.